The fraction of sp³-hybridized carbons (Fsp3) is 0.481. The first-order valence-corrected chi connectivity index (χ1v) is 12.6. The number of hydrogen-bond acceptors (Lipinski definition) is 14. The quantitative estimate of drug-likeness (QED) is 0.114. The van der Waals surface area contributed by atoms with Crippen LogP contribution in [0.4, 0.5) is 0 Å². The lowest BCUT2D eigenvalue weighted by atomic mass is 9.82. The average Bonchev–Trinajstić information content (AvgIpc) is 3.35. The smallest absolute Gasteiger partial charge is 0.337 e. The minimum atomic E-state index is -1.74. The van der Waals surface area contributed by atoms with Crippen molar-refractivity contribution in [3.63, 3.8) is 0 Å². The molecule has 1 aromatic rings. The zero-order chi connectivity index (χ0) is 29.8. The molecule has 3 aliphatic rings. The predicted molar refractivity (Wildman–Crippen MR) is 136 cm³/mol. The number of rotatable bonds is 9. The van der Waals surface area contributed by atoms with Crippen LogP contribution in [0, 0.1) is 11.8 Å². The molecule has 4 rings (SSSR count). The second kappa shape index (κ2) is 13.0. The van der Waals surface area contributed by atoms with Crippen LogP contribution in [0.15, 0.2) is 47.8 Å². The Kier molecular flexibility index (Phi) is 9.65. The number of aromatic hydroxyl groups is 1. The Morgan fingerprint density at radius 3 is 2.44 bits per heavy atom. The maximum absolute atomic E-state index is 12.8. The van der Waals surface area contributed by atoms with Crippen LogP contribution < -0.4 is 4.74 Å². The molecule has 0 amide bonds. The summed E-state index contributed by atoms with van der Waals surface area (Å²) in [6, 6.07) is 4.45. The second-order valence-electron chi connectivity index (χ2n) is 9.52. The summed E-state index contributed by atoms with van der Waals surface area (Å²) in [5.41, 5.74) is 0.793. The van der Waals surface area contributed by atoms with E-state index in [4.69, 9.17) is 28.4 Å². The van der Waals surface area contributed by atoms with E-state index in [2.05, 4.69) is 0 Å². The van der Waals surface area contributed by atoms with Crippen molar-refractivity contribution in [2.24, 2.45) is 11.8 Å². The zero-order valence-electron chi connectivity index (χ0n) is 22.1. The molecule has 9 atom stereocenters. The number of esters is 2. The number of methoxy groups -OCH3 is 2. The highest BCUT2D eigenvalue weighted by Gasteiger charge is 2.53. The molecule has 1 saturated heterocycles. The van der Waals surface area contributed by atoms with E-state index in [1.807, 2.05) is 0 Å². The van der Waals surface area contributed by atoms with Crippen LogP contribution in [0.3, 0.4) is 0 Å². The number of carbonyl (C=O) groups is 2. The summed E-state index contributed by atoms with van der Waals surface area (Å²) in [5.74, 6) is -3.33. The lowest BCUT2D eigenvalue weighted by Crippen LogP contribution is -2.60. The van der Waals surface area contributed by atoms with Crippen molar-refractivity contribution >= 4 is 18.0 Å². The molecule has 6 N–H and O–H groups in total. The van der Waals surface area contributed by atoms with E-state index in [1.165, 1.54) is 31.4 Å². The normalized spacial score (nSPS) is 32.9. The van der Waals surface area contributed by atoms with Crippen molar-refractivity contribution in [3.8, 4) is 11.5 Å². The summed E-state index contributed by atoms with van der Waals surface area (Å²) >= 11 is 0. The Balaban J connectivity index is 1.56. The van der Waals surface area contributed by atoms with E-state index in [1.54, 1.807) is 6.07 Å². The molecule has 2 aliphatic heterocycles. The number of aliphatic hydroxyl groups is 5. The second-order valence-corrected chi connectivity index (χ2v) is 9.52. The Bertz CT molecular complexity index is 1210. The first kappa shape index (κ1) is 30.5. The van der Waals surface area contributed by atoms with Gasteiger partial charge in [0, 0.05) is 12.0 Å². The van der Waals surface area contributed by atoms with Gasteiger partial charge in [0.1, 0.15) is 30.5 Å². The fourth-order valence-electron chi connectivity index (χ4n) is 5.01. The third-order valence-electron chi connectivity index (χ3n) is 7.12. The Morgan fingerprint density at radius 1 is 1.02 bits per heavy atom. The Labute approximate surface area is 234 Å². The molecule has 2 heterocycles. The van der Waals surface area contributed by atoms with Crippen molar-refractivity contribution in [1.29, 1.82) is 0 Å². The van der Waals surface area contributed by atoms with Gasteiger partial charge in [-0.25, -0.2) is 9.59 Å². The molecule has 41 heavy (non-hydrogen) atoms. The summed E-state index contributed by atoms with van der Waals surface area (Å²) < 4.78 is 32.3. The number of aliphatic hydroxyl groups excluding tert-OH is 5. The number of ether oxygens (including phenoxy) is 6. The van der Waals surface area contributed by atoms with Crippen LogP contribution >= 0.6 is 0 Å². The number of carbonyl (C=O) groups excluding carboxylic acids is 2. The summed E-state index contributed by atoms with van der Waals surface area (Å²) in [7, 11) is 2.53. The van der Waals surface area contributed by atoms with Gasteiger partial charge in [-0.1, -0.05) is 6.07 Å². The number of phenolic OH excluding ortho intramolecular Hbond substituents is 1. The first-order chi connectivity index (χ1) is 19.6. The van der Waals surface area contributed by atoms with Crippen LogP contribution in [-0.2, 0) is 33.3 Å². The van der Waals surface area contributed by atoms with E-state index in [0.717, 1.165) is 19.4 Å². The molecule has 0 spiro atoms. The summed E-state index contributed by atoms with van der Waals surface area (Å²) in [4.78, 5) is 25.4. The maximum atomic E-state index is 12.8. The lowest BCUT2D eigenvalue weighted by Gasteiger charge is -2.43. The van der Waals surface area contributed by atoms with Crippen LogP contribution in [0.1, 0.15) is 5.56 Å². The Morgan fingerprint density at radius 2 is 1.78 bits per heavy atom. The third-order valence-corrected chi connectivity index (χ3v) is 7.12. The molecule has 0 unspecified atom stereocenters. The van der Waals surface area contributed by atoms with Gasteiger partial charge in [0.25, 0.3) is 0 Å². The minimum Gasteiger partial charge on any atom is -0.504 e. The largest absolute Gasteiger partial charge is 0.504 e. The maximum Gasteiger partial charge on any atom is 0.337 e. The molecule has 14 heteroatoms. The van der Waals surface area contributed by atoms with Gasteiger partial charge in [0.15, 0.2) is 17.8 Å². The van der Waals surface area contributed by atoms with Crippen molar-refractivity contribution in [1.82, 2.24) is 0 Å². The van der Waals surface area contributed by atoms with E-state index >= 15 is 0 Å². The SMILES string of the molecule is COC(=O)C1=CO[C@@H](O[C@@H]2O[C@H](CO)[C@@H](O)[C@H](O)[C@H]2O)[C@@H]2C(CO)=C[C@@H](OC(=O)/C=C/c3ccc(O)c(OC)c3)[C@H]12. The van der Waals surface area contributed by atoms with Crippen LogP contribution in [0.25, 0.3) is 6.08 Å². The highest BCUT2D eigenvalue weighted by atomic mass is 16.8. The van der Waals surface area contributed by atoms with Crippen molar-refractivity contribution < 1.29 is 68.6 Å². The van der Waals surface area contributed by atoms with E-state index in [9.17, 15) is 40.2 Å². The molecule has 0 radical (unpaired) electrons. The summed E-state index contributed by atoms with van der Waals surface area (Å²) in [6.07, 6.45) is -5.22. The molecular weight excluding hydrogens is 548 g/mol. The average molecular weight is 581 g/mol. The molecule has 1 aromatic carbocycles. The monoisotopic (exact) mass is 580 g/mol. The van der Waals surface area contributed by atoms with Crippen LogP contribution in [0.5, 0.6) is 11.5 Å². The number of benzene rings is 1. The van der Waals surface area contributed by atoms with Crippen molar-refractivity contribution in [2.45, 2.75) is 43.1 Å². The molecule has 0 bridgehead atoms. The highest BCUT2D eigenvalue weighted by Crippen LogP contribution is 2.45. The van der Waals surface area contributed by atoms with Gasteiger partial charge >= 0.3 is 11.9 Å². The van der Waals surface area contributed by atoms with Gasteiger partial charge in [0.05, 0.1) is 45.2 Å². The first-order valence-electron chi connectivity index (χ1n) is 12.6. The van der Waals surface area contributed by atoms with Crippen LogP contribution in [-0.4, -0.2) is 113 Å². The number of hydrogen-bond donors (Lipinski definition) is 6. The summed E-state index contributed by atoms with van der Waals surface area (Å²) in [6.45, 7) is -1.22. The fourth-order valence-corrected chi connectivity index (χ4v) is 5.01. The standard InChI is InChI=1S/C27H32O14/c1-36-16-7-12(3-5-15(16)30)4-6-19(31)39-17-8-13(9-28)20-21(17)14(25(35)37-2)11-38-26(20)41-27-24(34)23(33)22(32)18(10-29)40-27/h3-8,11,17-18,20-24,26-30,32-34H,9-10H2,1-2H3/b6-4+/t17-,18-,20-,21+,22-,23+,24-,26+,27+/m1/s1. The number of phenols is 1. The molecular formula is C27H32O14. The molecule has 1 fully saturated rings. The molecule has 1 aliphatic carbocycles. The van der Waals surface area contributed by atoms with Gasteiger partial charge < -0.3 is 59.1 Å². The Hall–Kier alpha value is -3.50. The summed E-state index contributed by atoms with van der Waals surface area (Å²) in [5, 5.41) is 59.9. The predicted octanol–water partition coefficient (Wildman–Crippen LogP) is -1.28. The molecule has 0 saturated carbocycles. The number of fused-ring (bicyclic) bond motifs is 1. The van der Waals surface area contributed by atoms with Crippen molar-refractivity contribution in [2.75, 3.05) is 27.4 Å². The third kappa shape index (κ3) is 6.23. The van der Waals surface area contributed by atoms with Gasteiger partial charge in [-0.2, -0.15) is 0 Å². The van der Waals surface area contributed by atoms with Gasteiger partial charge in [-0.3, -0.25) is 0 Å². The van der Waals surface area contributed by atoms with E-state index < -0.39 is 80.1 Å². The zero-order valence-corrected chi connectivity index (χ0v) is 22.1. The van der Waals surface area contributed by atoms with E-state index in [-0.39, 0.29) is 22.6 Å². The minimum absolute atomic E-state index is 0.0177. The van der Waals surface area contributed by atoms with Crippen molar-refractivity contribution in [3.05, 3.63) is 53.3 Å². The molecule has 224 valence electrons. The van der Waals surface area contributed by atoms with Gasteiger partial charge in [-0.15, -0.1) is 0 Å². The molecule has 0 aromatic heterocycles. The van der Waals surface area contributed by atoms with Gasteiger partial charge in [0.2, 0.25) is 6.29 Å². The molecule has 14 nitrogen and oxygen atoms in total. The lowest BCUT2D eigenvalue weighted by molar-refractivity contribution is -0.340. The van der Waals surface area contributed by atoms with E-state index in [0.29, 0.717) is 5.56 Å². The highest BCUT2D eigenvalue weighted by molar-refractivity contribution is 5.90. The topological polar surface area (TPSA) is 211 Å². The van der Waals surface area contributed by atoms with Gasteiger partial charge in [-0.05, 0) is 35.4 Å². The van der Waals surface area contributed by atoms with Crippen LogP contribution in [0.2, 0.25) is 0 Å².